The van der Waals surface area contributed by atoms with Crippen molar-refractivity contribution >= 4 is 6.09 Å². The molecule has 0 aromatic heterocycles. The molecule has 0 bridgehead atoms. The minimum Gasteiger partial charge on any atom is -0.355 e. The van der Waals surface area contributed by atoms with Crippen LogP contribution < -0.4 is 0 Å². The van der Waals surface area contributed by atoms with Crippen LogP contribution in [-0.4, -0.2) is 24.1 Å². The van der Waals surface area contributed by atoms with Crippen LogP contribution in [0.4, 0.5) is 18.0 Å². The average Bonchev–Trinajstić information content (AvgIpc) is 2.47. The summed E-state index contributed by atoms with van der Waals surface area (Å²) >= 11 is 0. The summed E-state index contributed by atoms with van der Waals surface area (Å²) in [6.07, 6.45) is 0.351. The summed E-state index contributed by atoms with van der Waals surface area (Å²) in [6.45, 7) is 1.31. The van der Waals surface area contributed by atoms with Crippen molar-refractivity contribution < 1.29 is 22.7 Å². The molecule has 0 unspecified atom stereocenters. The van der Waals surface area contributed by atoms with Crippen LogP contribution >= 0.6 is 0 Å². The minimum atomic E-state index is -4.37. The smallest absolute Gasteiger partial charge is 0.355 e. The maximum absolute atomic E-state index is 12.4. The van der Waals surface area contributed by atoms with E-state index in [0.717, 1.165) is 31.4 Å². The van der Waals surface area contributed by atoms with E-state index >= 15 is 0 Å². The number of nitrogens with zero attached hydrogens (tertiary/aromatic N) is 1. The first kappa shape index (κ1) is 15.2. The van der Waals surface area contributed by atoms with Gasteiger partial charge in [-0.05, 0) is 49.4 Å². The molecule has 3 nitrogen and oxygen atoms in total. The fourth-order valence-electron chi connectivity index (χ4n) is 2.01. The first-order chi connectivity index (χ1) is 9.97. The van der Waals surface area contributed by atoms with Crippen LogP contribution in [0.2, 0.25) is 0 Å². The number of carbonyl (C=O) groups excluding carboxylic acids is 1. The van der Waals surface area contributed by atoms with Gasteiger partial charge in [0.05, 0.1) is 5.56 Å². The van der Waals surface area contributed by atoms with Gasteiger partial charge in [0.15, 0.2) is 0 Å². The molecule has 112 valence electrons. The molecule has 2 rings (SSSR count). The quantitative estimate of drug-likeness (QED) is 0.684. The Labute approximate surface area is 120 Å². The van der Waals surface area contributed by atoms with E-state index in [1.165, 1.54) is 12.1 Å². The summed E-state index contributed by atoms with van der Waals surface area (Å²) in [5, 5.41) is 0. The molecule has 1 aromatic rings. The van der Waals surface area contributed by atoms with Gasteiger partial charge in [0, 0.05) is 18.7 Å². The van der Waals surface area contributed by atoms with Crippen LogP contribution in [0.1, 0.15) is 30.4 Å². The third kappa shape index (κ3) is 4.42. The molecule has 0 N–H and O–H groups in total. The van der Waals surface area contributed by atoms with Gasteiger partial charge in [-0.1, -0.05) is 0 Å². The van der Waals surface area contributed by atoms with Crippen molar-refractivity contribution in [3.8, 4) is 12.0 Å². The van der Waals surface area contributed by atoms with Crippen LogP contribution in [0, 0.1) is 12.0 Å². The Hall–Kier alpha value is -2.16. The number of ether oxygens (including phenoxy) is 1. The van der Waals surface area contributed by atoms with Gasteiger partial charge in [-0.15, -0.1) is 0 Å². The topological polar surface area (TPSA) is 29.5 Å². The molecule has 0 atom stereocenters. The lowest BCUT2D eigenvalue weighted by molar-refractivity contribution is -0.137. The summed E-state index contributed by atoms with van der Waals surface area (Å²) in [7, 11) is 0. The number of piperidine rings is 1. The number of hydrogen-bond donors (Lipinski definition) is 0. The highest BCUT2D eigenvalue weighted by atomic mass is 19.4. The Kier molecular flexibility index (Phi) is 4.73. The third-order valence-corrected chi connectivity index (χ3v) is 3.16. The Morgan fingerprint density at radius 2 is 1.71 bits per heavy atom. The van der Waals surface area contributed by atoms with E-state index in [2.05, 4.69) is 12.0 Å². The molecule has 1 aromatic carbocycles. The monoisotopic (exact) mass is 297 g/mol. The molecule has 0 spiro atoms. The summed E-state index contributed by atoms with van der Waals surface area (Å²) < 4.78 is 41.9. The summed E-state index contributed by atoms with van der Waals surface area (Å²) in [4.78, 5) is 13.2. The number of benzene rings is 1. The molecule has 1 saturated heterocycles. The standard InChI is InChI=1S/C15H14F3NO2/c16-15(17,18)13-6-4-12(5-7-13)8-11-21-14(20)19-9-2-1-3-10-19/h4-7H,1-3,9-10H2. The summed E-state index contributed by atoms with van der Waals surface area (Å²) in [5.41, 5.74) is -0.382. The lowest BCUT2D eigenvalue weighted by Crippen LogP contribution is -2.35. The van der Waals surface area contributed by atoms with Crippen molar-refractivity contribution in [2.24, 2.45) is 0 Å². The Bertz CT molecular complexity index is 549. The SMILES string of the molecule is O=C(OC#Cc1ccc(C(F)(F)F)cc1)N1CCCCC1. The second-order valence-corrected chi connectivity index (χ2v) is 4.72. The lowest BCUT2D eigenvalue weighted by atomic mass is 10.1. The normalized spacial score (nSPS) is 15.1. The molecule has 0 radical (unpaired) electrons. The van der Waals surface area contributed by atoms with E-state index in [-0.39, 0.29) is 0 Å². The van der Waals surface area contributed by atoms with E-state index in [1.807, 2.05) is 0 Å². The summed E-state index contributed by atoms with van der Waals surface area (Å²) in [5.74, 6) is 2.51. The number of carbonyl (C=O) groups is 1. The zero-order valence-electron chi connectivity index (χ0n) is 11.2. The van der Waals surface area contributed by atoms with E-state index in [4.69, 9.17) is 4.74 Å². The lowest BCUT2D eigenvalue weighted by Gasteiger charge is -2.24. The number of amides is 1. The minimum absolute atomic E-state index is 0.356. The highest BCUT2D eigenvalue weighted by molar-refractivity contribution is 5.69. The van der Waals surface area contributed by atoms with Crippen molar-refractivity contribution in [1.82, 2.24) is 4.90 Å². The second-order valence-electron chi connectivity index (χ2n) is 4.72. The van der Waals surface area contributed by atoms with Gasteiger partial charge in [0.2, 0.25) is 0 Å². The molecule has 1 aliphatic heterocycles. The van der Waals surface area contributed by atoms with Crippen LogP contribution in [-0.2, 0) is 10.9 Å². The molecule has 0 saturated carbocycles. The van der Waals surface area contributed by atoms with Crippen molar-refractivity contribution in [3.63, 3.8) is 0 Å². The predicted molar refractivity (Wildman–Crippen MR) is 70.2 cm³/mol. The van der Waals surface area contributed by atoms with Crippen LogP contribution in [0.5, 0.6) is 0 Å². The Morgan fingerprint density at radius 3 is 2.29 bits per heavy atom. The molecule has 1 fully saturated rings. The van der Waals surface area contributed by atoms with Gasteiger partial charge in [0.1, 0.15) is 6.11 Å². The maximum Gasteiger partial charge on any atom is 0.423 e. The number of rotatable bonds is 0. The van der Waals surface area contributed by atoms with Crippen molar-refractivity contribution in [2.75, 3.05) is 13.1 Å². The van der Waals surface area contributed by atoms with Gasteiger partial charge < -0.3 is 9.64 Å². The summed E-state index contributed by atoms with van der Waals surface area (Å²) in [6, 6.07) is 4.36. The largest absolute Gasteiger partial charge is 0.423 e. The first-order valence-corrected chi connectivity index (χ1v) is 6.61. The fourth-order valence-corrected chi connectivity index (χ4v) is 2.01. The van der Waals surface area contributed by atoms with Crippen LogP contribution in [0.25, 0.3) is 0 Å². The fraction of sp³-hybridized carbons (Fsp3) is 0.400. The van der Waals surface area contributed by atoms with Gasteiger partial charge in [-0.3, -0.25) is 0 Å². The molecule has 0 aliphatic carbocycles. The Balaban J connectivity index is 1.91. The van der Waals surface area contributed by atoms with E-state index < -0.39 is 17.8 Å². The predicted octanol–water partition coefficient (Wildman–Crippen LogP) is 3.64. The molecular weight excluding hydrogens is 283 g/mol. The van der Waals surface area contributed by atoms with Crippen LogP contribution in [0.3, 0.4) is 0 Å². The van der Waals surface area contributed by atoms with E-state index in [9.17, 15) is 18.0 Å². The molecular formula is C15H14F3NO2. The van der Waals surface area contributed by atoms with Gasteiger partial charge >= 0.3 is 12.3 Å². The molecule has 21 heavy (non-hydrogen) atoms. The second kappa shape index (κ2) is 6.53. The molecule has 6 heteroatoms. The number of alkyl halides is 3. The Morgan fingerprint density at radius 1 is 1.10 bits per heavy atom. The van der Waals surface area contributed by atoms with E-state index in [0.29, 0.717) is 18.7 Å². The third-order valence-electron chi connectivity index (χ3n) is 3.16. The molecule has 1 heterocycles. The van der Waals surface area contributed by atoms with Gasteiger partial charge in [0.25, 0.3) is 0 Å². The van der Waals surface area contributed by atoms with Gasteiger partial charge in [-0.25, -0.2) is 4.79 Å². The number of halogens is 3. The van der Waals surface area contributed by atoms with Crippen molar-refractivity contribution in [3.05, 3.63) is 35.4 Å². The number of likely N-dealkylation sites (tertiary alicyclic amines) is 1. The zero-order chi connectivity index (χ0) is 15.3. The zero-order valence-corrected chi connectivity index (χ0v) is 11.2. The number of hydrogen-bond acceptors (Lipinski definition) is 2. The first-order valence-electron chi connectivity index (χ1n) is 6.61. The average molecular weight is 297 g/mol. The van der Waals surface area contributed by atoms with Crippen molar-refractivity contribution in [2.45, 2.75) is 25.4 Å². The van der Waals surface area contributed by atoms with E-state index in [1.54, 1.807) is 4.90 Å². The molecule has 1 amide bonds. The van der Waals surface area contributed by atoms with Crippen molar-refractivity contribution in [1.29, 1.82) is 0 Å². The van der Waals surface area contributed by atoms with Crippen LogP contribution in [0.15, 0.2) is 24.3 Å². The van der Waals surface area contributed by atoms with Gasteiger partial charge in [-0.2, -0.15) is 13.2 Å². The maximum atomic E-state index is 12.4. The highest BCUT2D eigenvalue weighted by Crippen LogP contribution is 2.28. The molecule has 1 aliphatic rings. The highest BCUT2D eigenvalue weighted by Gasteiger charge is 2.29.